The molecular formula is C10H14N2O3. The van der Waals surface area contributed by atoms with E-state index in [0.717, 1.165) is 5.56 Å². The van der Waals surface area contributed by atoms with Crippen LogP contribution in [0.25, 0.3) is 0 Å². The van der Waals surface area contributed by atoms with Gasteiger partial charge in [0.15, 0.2) is 0 Å². The molecule has 15 heavy (non-hydrogen) atoms. The summed E-state index contributed by atoms with van der Waals surface area (Å²) in [5.74, 6) is 0. The number of nitrogens with one attached hydrogen (secondary N) is 1. The van der Waals surface area contributed by atoms with Crippen LogP contribution in [0.4, 0.5) is 4.79 Å². The zero-order valence-electron chi connectivity index (χ0n) is 8.51. The molecule has 5 heteroatoms. The Balaban J connectivity index is 2.42. The van der Waals surface area contributed by atoms with Crippen LogP contribution in [0, 0.1) is 0 Å². The Morgan fingerprint density at radius 3 is 2.87 bits per heavy atom. The molecule has 0 aliphatic rings. The van der Waals surface area contributed by atoms with Crippen molar-refractivity contribution >= 4 is 6.09 Å². The molecule has 1 rings (SSSR count). The van der Waals surface area contributed by atoms with Gasteiger partial charge in [0.1, 0.15) is 6.61 Å². The third-order valence-electron chi connectivity index (χ3n) is 1.86. The van der Waals surface area contributed by atoms with Gasteiger partial charge in [-0.1, -0.05) is 0 Å². The van der Waals surface area contributed by atoms with Gasteiger partial charge in [0.25, 0.3) is 0 Å². The van der Waals surface area contributed by atoms with E-state index in [1.807, 2.05) is 19.1 Å². The number of nitrogens with zero attached hydrogens (tertiary/aromatic N) is 1. The van der Waals surface area contributed by atoms with Crippen LogP contribution in [0.5, 0.6) is 0 Å². The van der Waals surface area contributed by atoms with Gasteiger partial charge in [-0.15, -0.1) is 0 Å². The number of pyridine rings is 1. The molecular weight excluding hydrogens is 196 g/mol. The van der Waals surface area contributed by atoms with E-state index >= 15 is 0 Å². The Bertz CT molecular complexity index is 303. The maximum absolute atomic E-state index is 11.1. The van der Waals surface area contributed by atoms with Crippen LogP contribution in [0.15, 0.2) is 24.5 Å². The SMILES string of the molecule is C[C@H](NC(=O)OCCO)c1ccncc1. The molecule has 0 unspecified atom stereocenters. The second kappa shape index (κ2) is 5.98. The largest absolute Gasteiger partial charge is 0.447 e. The molecule has 0 saturated carbocycles. The number of ether oxygens (including phenoxy) is 1. The number of carbonyl (C=O) groups is 1. The highest BCUT2D eigenvalue weighted by Gasteiger charge is 2.09. The highest BCUT2D eigenvalue weighted by molar-refractivity contribution is 5.67. The number of carbonyl (C=O) groups excluding carboxylic acids is 1. The summed E-state index contributed by atoms with van der Waals surface area (Å²) in [6.45, 7) is 1.68. The van der Waals surface area contributed by atoms with E-state index < -0.39 is 6.09 Å². The van der Waals surface area contributed by atoms with Gasteiger partial charge in [-0.05, 0) is 24.6 Å². The summed E-state index contributed by atoms with van der Waals surface area (Å²) in [5.41, 5.74) is 0.950. The van der Waals surface area contributed by atoms with Gasteiger partial charge in [-0.3, -0.25) is 4.98 Å². The van der Waals surface area contributed by atoms with E-state index in [1.165, 1.54) is 0 Å². The van der Waals surface area contributed by atoms with Gasteiger partial charge >= 0.3 is 6.09 Å². The predicted molar refractivity (Wildman–Crippen MR) is 54.2 cm³/mol. The van der Waals surface area contributed by atoms with Crippen LogP contribution < -0.4 is 5.32 Å². The van der Waals surface area contributed by atoms with Crippen LogP contribution in [0.2, 0.25) is 0 Å². The Hall–Kier alpha value is -1.62. The molecule has 0 spiro atoms. The normalized spacial score (nSPS) is 11.9. The summed E-state index contributed by atoms with van der Waals surface area (Å²) >= 11 is 0. The van der Waals surface area contributed by atoms with Crippen LogP contribution in [-0.4, -0.2) is 29.4 Å². The smallest absolute Gasteiger partial charge is 0.407 e. The molecule has 1 atom stereocenters. The number of hydrogen-bond donors (Lipinski definition) is 2. The summed E-state index contributed by atoms with van der Waals surface area (Å²) < 4.78 is 4.67. The molecule has 1 aromatic heterocycles. The number of hydrogen-bond acceptors (Lipinski definition) is 4. The molecule has 0 saturated heterocycles. The lowest BCUT2D eigenvalue weighted by molar-refractivity contribution is 0.116. The van der Waals surface area contributed by atoms with Gasteiger partial charge in [0.05, 0.1) is 12.6 Å². The highest BCUT2D eigenvalue weighted by Crippen LogP contribution is 2.09. The lowest BCUT2D eigenvalue weighted by atomic mass is 10.1. The van der Waals surface area contributed by atoms with E-state index in [-0.39, 0.29) is 19.3 Å². The lowest BCUT2D eigenvalue weighted by Crippen LogP contribution is -2.28. The molecule has 0 aromatic carbocycles. The maximum Gasteiger partial charge on any atom is 0.407 e. The highest BCUT2D eigenvalue weighted by atomic mass is 16.6. The molecule has 0 radical (unpaired) electrons. The zero-order valence-corrected chi connectivity index (χ0v) is 8.51. The van der Waals surface area contributed by atoms with Gasteiger partial charge < -0.3 is 15.2 Å². The number of amides is 1. The fourth-order valence-corrected chi connectivity index (χ4v) is 1.09. The van der Waals surface area contributed by atoms with E-state index in [1.54, 1.807) is 12.4 Å². The van der Waals surface area contributed by atoms with Gasteiger partial charge in [-0.2, -0.15) is 0 Å². The topological polar surface area (TPSA) is 71.5 Å². The summed E-state index contributed by atoms with van der Waals surface area (Å²) in [7, 11) is 0. The quantitative estimate of drug-likeness (QED) is 0.773. The van der Waals surface area contributed by atoms with Crippen molar-refractivity contribution in [2.75, 3.05) is 13.2 Å². The van der Waals surface area contributed by atoms with Crippen molar-refractivity contribution in [3.63, 3.8) is 0 Å². The first-order valence-corrected chi connectivity index (χ1v) is 4.68. The van der Waals surface area contributed by atoms with Gasteiger partial charge in [-0.25, -0.2) is 4.79 Å². The Labute approximate surface area is 88.1 Å². The molecule has 1 heterocycles. The summed E-state index contributed by atoms with van der Waals surface area (Å²) in [5, 5.41) is 11.1. The van der Waals surface area contributed by atoms with Crippen LogP contribution in [0.3, 0.4) is 0 Å². The molecule has 0 aliphatic heterocycles. The lowest BCUT2D eigenvalue weighted by Gasteiger charge is -2.13. The average molecular weight is 210 g/mol. The summed E-state index contributed by atoms with van der Waals surface area (Å²) in [4.78, 5) is 15.0. The van der Waals surface area contributed by atoms with Crippen molar-refractivity contribution in [3.8, 4) is 0 Å². The summed E-state index contributed by atoms with van der Waals surface area (Å²) in [6.07, 6.45) is 2.78. The minimum Gasteiger partial charge on any atom is -0.447 e. The number of rotatable bonds is 4. The fourth-order valence-electron chi connectivity index (χ4n) is 1.09. The van der Waals surface area contributed by atoms with Crippen molar-refractivity contribution < 1.29 is 14.6 Å². The predicted octanol–water partition coefficient (Wildman–Crippen LogP) is 0.861. The Kier molecular flexibility index (Phi) is 4.56. The summed E-state index contributed by atoms with van der Waals surface area (Å²) in [6, 6.07) is 3.49. The third kappa shape index (κ3) is 3.95. The van der Waals surface area contributed by atoms with E-state index in [4.69, 9.17) is 5.11 Å². The first kappa shape index (κ1) is 11.5. The number of aromatic nitrogens is 1. The van der Waals surface area contributed by atoms with Crippen LogP contribution in [0.1, 0.15) is 18.5 Å². The second-order valence-corrected chi connectivity index (χ2v) is 3.01. The monoisotopic (exact) mass is 210 g/mol. The second-order valence-electron chi connectivity index (χ2n) is 3.01. The maximum atomic E-state index is 11.1. The van der Waals surface area contributed by atoms with E-state index in [9.17, 15) is 4.79 Å². The minimum atomic E-state index is -0.534. The van der Waals surface area contributed by atoms with Crippen LogP contribution in [-0.2, 0) is 4.74 Å². The van der Waals surface area contributed by atoms with Gasteiger partial charge in [0.2, 0.25) is 0 Å². The third-order valence-corrected chi connectivity index (χ3v) is 1.86. The number of aliphatic hydroxyl groups excluding tert-OH is 1. The molecule has 0 bridgehead atoms. The van der Waals surface area contributed by atoms with Crippen molar-refractivity contribution in [2.45, 2.75) is 13.0 Å². The number of alkyl carbamates (subject to hydrolysis) is 1. The van der Waals surface area contributed by atoms with Crippen molar-refractivity contribution in [1.29, 1.82) is 0 Å². The Morgan fingerprint density at radius 1 is 1.60 bits per heavy atom. The molecule has 82 valence electrons. The molecule has 1 amide bonds. The first-order valence-electron chi connectivity index (χ1n) is 4.68. The van der Waals surface area contributed by atoms with E-state index in [0.29, 0.717) is 0 Å². The fraction of sp³-hybridized carbons (Fsp3) is 0.400. The van der Waals surface area contributed by atoms with E-state index in [2.05, 4.69) is 15.0 Å². The van der Waals surface area contributed by atoms with Gasteiger partial charge in [0, 0.05) is 12.4 Å². The molecule has 5 nitrogen and oxygen atoms in total. The van der Waals surface area contributed by atoms with Crippen molar-refractivity contribution in [3.05, 3.63) is 30.1 Å². The molecule has 0 fully saturated rings. The minimum absolute atomic E-state index is 0.00883. The average Bonchev–Trinajstić information content (AvgIpc) is 2.27. The molecule has 0 aliphatic carbocycles. The first-order chi connectivity index (χ1) is 7.24. The molecule has 2 N–H and O–H groups in total. The van der Waals surface area contributed by atoms with Crippen molar-refractivity contribution in [2.24, 2.45) is 0 Å². The molecule has 1 aromatic rings. The number of aliphatic hydroxyl groups is 1. The Morgan fingerprint density at radius 2 is 2.27 bits per heavy atom. The zero-order chi connectivity index (χ0) is 11.1. The standard InChI is InChI=1S/C10H14N2O3/c1-8(9-2-4-11-5-3-9)12-10(14)15-7-6-13/h2-5,8,13H,6-7H2,1H3,(H,12,14)/t8-/m0/s1. The van der Waals surface area contributed by atoms with Crippen molar-refractivity contribution in [1.82, 2.24) is 10.3 Å². The van der Waals surface area contributed by atoms with Crippen LogP contribution >= 0.6 is 0 Å².